The van der Waals surface area contributed by atoms with Gasteiger partial charge in [0.15, 0.2) is 0 Å². The molecule has 90 valence electrons. The fraction of sp³-hybridized carbons (Fsp3) is 0.625. The number of hydrogen-bond donors (Lipinski definition) is 2. The summed E-state index contributed by atoms with van der Waals surface area (Å²) >= 11 is 3.08. The first-order chi connectivity index (χ1) is 7.35. The Labute approximate surface area is 100 Å². The van der Waals surface area contributed by atoms with Crippen molar-refractivity contribution in [1.29, 1.82) is 0 Å². The van der Waals surface area contributed by atoms with Crippen LogP contribution < -0.4 is 0 Å². The summed E-state index contributed by atoms with van der Waals surface area (Å²) in [6.07, 6.45) is 1.55. The van der Waals surface area contributed by atoms with Crippen LogP contribution in [0.15, 0.2) is 10.9 Å². The van der Waals surface area contributed by atoms with E-state index < -0.39 is 10.5 Å². The molecule has 7 nitrogen and oxygen atoms in total. The first-order valence-corrected chi connectivity index (χ1v) is 5.35. The van der Waals surface area contributed by atoms with Crippen LogP contribution in [-0.4, -0.2) is 36.9 Å². The van der Waals surface area contributed by atoms with Crippen molar-refractivity contribution < 1.29 is 15.1 Å². The van der Waals surface area contributed by atoms with Crippen LogP contribution in [-0.2, 0) is 6.54 Å². The van der Waals surface area contributed by atoms with Gasteiger partial charge in [-0.1, -0.05) is 0 Å². The maximum atomic E-state index is 10.4. The summed E-state index contributed by atoms with van der Waals surface area (Å²) < 4.78 is 1.83. The fourth-order valence-electron chi connectivity index (χ4n) is 1.07. The van der Waals surface area contributed by atoms with E-state index in [0.29, 0.717) is 11.3 Å². The van der Waals surface area contributed by atoms with Gasteiger partial charge in [-0.25, -0.2) is 0 Å². The number of imidazole rings is 1. The van der Waals surface area contributed by atoms with Gasteiger partial charge in [-0.3, -0.25) is 4.57 Å². The molecule has 2 N–H and O–H groups in total. The monoisotopic (exact) mass is 293 g/mol. The quantitative estimate of drug-likeness (QED) is 0.614. The number of aliphatic hydroxyl groups is 2. The highest BCUT2D eigenvalue weighted by molar-refractivity contribution is 9.10. The maximum absolute atomic E-state index is 10.4. The minimum Gasteiger partial charge on any atom is -0.393 e. The average Bonchev–Trinajstić information content (AvgIpc) is 2.57. The Morgan fingerprint density at radius 1 is 1.75 bits per heavy atom. The zero-order valence-corrected chi connectivity index (χ0v) is 10.2. The minimum atomic E-state index is -1.20. The molecule has 0 spiro atoms. The molecular formula is C8H12BrN3O4. The van der Waals surface area contributed by atoms with Gasteiger partial charge in [0, 0.05) is 22.5 Å². The van der Waals surface area contributed by atoms with Crippen LogP contribution in [0.1, 0.15) is 13.3 Å². The lowest BCUT2D eigenvalue weighted by Crippen LogP contribution is -2.30. The molecule has 0 aromatic carbocycles. The van der Waals surface area contributed by atoms with Gasteiger partial charge in [0.2, 0.25) is 0 Å². The SMILES string of the molecule is CC(O)(CO)CCn1cc([N+](=O)[O-])nc1Br. The molecule has 0 amide bonds. The van der Waals surface area contributed by atoms with Crippen molar-refractivity contribution in [1.82, 2.24) is 9.55 Å². The van der Waals surface area contributed by atoms with E-state index >= 15 is 0 Å². The van der Waals surface area contributed by atoms with Crippen molar-refractivity contribution in [2.45, 2.75) is 25.5 Å². The lowest BCUT2D eigenvalue weighted by atomic mass is 10.0. The van der Waals surface area contributed by atoms with E-state index in [9.17, 15) is 15.2 Å². The van der Waals surface area contributed by atoms with E-state index in [1.807, 2.05) is 0 Å². The van der Waals surface area contributed by atoms with Gasteiger partial charge in [-0.15, -0.1) is 0 Å². The number of aromatic nitrogens is 2. The third-order valence-corrected chi connectivity index (χ3v) is 2.77. The van der Waals surface area contributed by atoms with Gasteiger partial charge in [-0.2, -0.15) is 0 Å². The molecule has 0 aliphatic rings. The molecule has 1 atom stereocenters. The van der Waals surface area contributed by atoms with E-state index in [1.54, 1.807) is 0 Å². The smallest absolute Gasteiger partial charge is 0.382 e. The standard InChI is InChI=1S/C8H12BrN3O4/c1-8(14,5-13)2-3-11-4-6(12(15)16)10-7(11)9/h4,13-14H,2-3,5H2,1H3. The summed E-state index contributed by atoms with van der Waals surface area (Å²) in [6.45, 7) is 1.46. The normalized spacial score (nSPS) is 14.8. The topological polar surface area (TPSA) is 101 Å². The van der Waals surface area contributed by atoms with Crippen LogP contribution >= 0.6 is 15.9 Å². The molecule has 1 aromatic heterocycles. The highest BCUT2D eigenvalue weighted by atomic mass is 79.9. The average molecular weight is 294 g/mol. The predicted molar refractivity (Wildman–Crippen MR) is 58.9 cm³/mol. The summed E-state index contributed by atoms with van der Waals surface area (Å²) in [7, 11) is 0. The van der Waals surface area contributed by atoms with Gasteiger partial charge < -0.3 is 20.3 Å². The van der Waals surface area contributed by atoms with Crippen molar-refractivity contribution in [2.24, 2.45) is 0 Å². The van der Waals surface area contributed by atoms with Crippen LogP contribution in [0.5, 0.6) is 0 Å². The lowest BCUT2D eigenvalue weighted by molar-refractivity contribution is -0.389. The first-order valence-electron chi connectivity index (χ1n) is 4.56. The maximum Gasteiger partial charge on any atom is 0.382 e. The van der Waals surface area contributed by atoms with Gasteiger partial charge in [-0.05, 0) is 23.3 Å². The molecule has 0 radical (unpaired) electrons. The van der Waals surface area contributed by atoms with E-state index in [2.05, 4.69) is 20.9 Å². The molecule has 0 fully saturated rings. The Morgan fingerprint density at radius 2 is 2.38 bits per heavy atom. The Kier molecular flexibility index (Phi) is 4.00. The fourth-order valence-corrected chi connectivity index (χ4v) is 1.53. The molecule has 16 heavy (non-hydrogen) atoms. The molecular weight excluding hydrogens is 282 g/mol. The Balaban J connectivity index is 2.71. The number of nitrogens with zero attached hydrogens (tertiary/aromatic N) is 3. The van der Waals surface area contributed by atoms with Crippen molar-refractivity contribution in [3.05, 3.63) is 21.0 Å². The number of nitro groups is 1. The summed E-state index contributed by atoms with van der Waals surface area (Å²) in [5.74, 6) is -0.254. The van der Waals surface area contributed by atoms with Crippen LogP contribution in [0.4, 0.5) is 5.82 Å². The number of aliphatic hydroxyl groups excluding tert-OH is 1. The first kappa shape index (κ1) is 13.1. The zero-order valence-electron chi connectivity index (χ0n) is 8.63. The van der Waals surface area contributed by atoms with Crippen molar-refractivity contribution >= 4 is 21.7 Å². The van der Waals surface area contributed by atoms with Gasteiger partial charge >= 0.3 is 5.82 Å². The van der Waals surface area contributed by atoms with Crippen LogP contribution in [0, 0.1) is 10.1 Å². The summed E-state index contributed by atoms with van der Waals surface area (Å²) in [5, 5.41) is 28.8. The van der Waals surface area contributed by atoms with Crippen molar-refractivity contribution in [3.63, 3.8) is 0 Å². The van der Waals surface area contributed by atoms with Crippen LogP contribution in [0.3, 0.4) is 0 Å². The molecule has 0 saturated carbocycles. The minimum absolute atomic E-state index is 0.254. The molecule has 1 aromatic rings. The molecule has 1 heterocycles. The van der Waals surface area contributed by atoms with Crippen molar-refractivity contribution in [3.8, 4) is 0 Å². The third kappa shape index (κ3) is 3.26. The van der Waals surface area contributed by atoms with Crippen LogP contribution in [0.2, 0.25) is 0 Å². The van der Waals surface area contributed by atoms with Gasteiger partial charge in [0.25, 0.3) is 4.73 Å². The second-order valence-electron chi connectivity index (χ2n) is 3.72. The largest absolute Gasteiger partial charge is 0.393 e. The highest BCUT2D eigenvalue weighted by Crippen LogP contribution is 2.18. The number of hydrogen-bond acceptors (Lipinski definition) is 5. The summed E-state index contributed by atoms with van der Waals surface area (Å²) in [6, 6.07) is 0. The molecule has 0 saturated heterocycles. The Hall–Kier alpha value is -0.990. The summed E-state index contributed by atoms with van der Waals surface area (Å²) in [4.78, 5) is 13.5. The van der Waals surface area contributed by atoms with E-state index in [-0.39, 0.29) is 18.8 Å². The van der Waals surface area contributed by atoms with Crippen molar-refractivity contribution in [2.75, 3.05) is 6.61 Å². The Morgan fingerprint density at radius 3 is 2.81 bits per heavy atom. The zero-order chi connectivity index (χ0) is 12.3. The van der Waals surface area contributed by atoms with Gasteiger partial charge in [0.1, 0.15) is 6.20 Å². The van der Waals surface area contributed by atoms with Gasteiger partial charge in [0.05, 0.1) is 12.2 Å². The number of aryl methyl sites for hydroxylation is 1. The highest BCUT2D eigenvalue weighted by Gasteiger charge is 2.21. The second-order valence-corrected chi connectivity index (χ2v) is 4.43. The Bertz CT molecular complexity index is 391. The summed E-state index contributed by atoms with van der Waals surface area (Å²) in [5.41, 5.74) is -1.20. The number of rotatable bonds is 5. The lowest BCUT2D eigenvalue weighted by Gasteiger charge is -2.19. The third-order valence-electron chi connectivity index (χ3n) is 2.13. The predicted octanol–water partition coefficient (Wildman–Crippen LogP) is 0.687. The molecule has 0 bridgehead atoms. The molecule has 8 heteroatoms. The van der Waals surface area contributed by atoms with E-state index in [0.717, 1.165) is 0 Å². The van der Waals surface area contributed by atoms with Crippen LogP contribution in [0.25, 0.3) is 0 Å². The van der Waals surface area contributed by atoms with E-state index in [4.69, 9.17) is 5.11 Å². The second kappa shape index (κ2) is 4.89. The molecule has 1 rings (SSSR count). The number of halogens is 1. The molecule has 0 aliphatic carbocycles. The van der Waals surface area contributed by atoms with E-state index in [1.165, 1.54) is 17.7 Å². The molecule has 0 aliphatic heterocycles. The molecule has 1 unspecified atom stereocenters.